The Hall–Kier alpha value is -4.47. The van der Waals surface area contributed by atoms with Gasteiger partial charge >= 0.3 is 0 Å². The van der Waals surface area contributed by atoms with Crippen LogP contribution in [0.1, 0.15) is 21.6 Å². The van der Waals surface area contributed by atoms with Gasteiger partial charge in [-0.05, 0) is 31.5 Å². The van der Waals surface area contributed by atoms with E-state index in [4.69, 9.17) is 9.47 Å². The van der Waals surface area contributed by atoms with Crippen molar-refractivity contribution in [3.8, 4) is 17.3 Å². The zero-order chi connectivity index (χ0) is 23.7. The lowest BCUT2D eigenvalue weighted by atomic mass is 10.1. The van der Waals surface area contributed by atoms with Crippen LogP contribution in [0.3, 0.4) is 0 Å². The molecule has 1 N–H and O–H groups in total. The highest BCUT2D eigenvalue weighted by Gasteiger charge is 2.26. The Labute approximate surface area is 188 Å². The number of carbonyl (C=O) groups is 1. The number of carbonyl (C=O) groups excluding carboxylic acids is 1. The molecule has 2 heterocycles. The van der Waals surface area contributed by atoms with E-state index in [2.05, 4.69) is 15.4 Å². The van der Waals surface area contributed by atoms with Gasteiger partial charge in [0.05, 0.1) is 36.4 Å². The molecule has 4 rings (SSSR count). The van der Waals surface area contributed by atoms with Crippen LogP contribution in [0.5, 0.6) is 11.5 Å². The van der Waals surface area contributed by atoms with Crippen molar-refractivity contribution in [2.75, 3.05) is 19.5 Å². The van der Waals surface area contributed by atoms with Gasteiger partial charge < -0.3 is 14.8 Å². The van der Waals surface area contributed by atoms with Crippen molar-refractivity contribution in [1.82, 2.24) is 14.8 Å². The quantitative estimate of drug-likeness (QED) is 0.347. The molecular weight excluding hydrogens is 426 g/mol. The van der Waals surface area contributed by atoms with Crippen LogP contribution in [0.2, 0.25) is 0 Å². The molecule has 0 atom stereocenters. The topological polar surface area (TPSA) is 121 Å². The van der Waals surface area contributed by atoms with E-state index in [1.807, 2.05) is 37.3 Å². The van der Waals surface area contributed by atoms with Gasteiger partial charge in [0.15, 0.2) is 17.3 Å². The molecule has 0 bridgehead atoms. The second kappa shape index (κ2) is 8.58. The fourth-order valence-corrected chi connectivity index (χ4v) is 3.59. The molecule has 0 saturated heterocycles. The third kappa shape index (κ3) is 4.05. The van der Waals surface area contributed by atoms with Crippen LogP contribution in [0.25, 0.3) is 16.7 Å². The molecule has 0 spiro atoms. The summed E-state index contributed by atoms with van der Waals surface area (Å²) in [6.07, 6.45) is 0. The summed E-state index contributed by atoms with van der Waals surface area (Å²) in [4.78, 5) is 28.7. The summed E-state index contributed by atoms with van der Waals surface area (Å²) in [7, 11) is 2.75. The zero-order valence-electron chi connectivity index (χ0n) is 18.4. The van der Waals surface area contributed by atoms with Crippen LogP contribution in [-0.4, -0.2) is 39.8 Å². The minimum absolute atomic E-state index is 0.150. The van der Waals surface area contributed by atoms with Gasteiger partial charge in [0.1, 0.15) is 11.4 Å². The number of aromatic nitrogens is 3. The molecule has 0 fully saturated rings. The number of benzene rings is 2. The van der Waals surface area contributed by atoms with Crippen molar-refractivity contribution >= 4 is 28.3 Å². The molecule has 2 aromatic carbocycles. The van der Waals surface area contributed by atoms with E-state index in [0.717, 1.165) is 22.5 Å². The van der Waals surface area contributed by atoms with Gasteiger partial charge in [-0.3, -0.25) is 14.9 Å². The summed E-state index contributed by atoms with van der Waals surface area (Å²) in [6.45, 7) is 3.74. The molecule has 0 unspecified atom stereocenters. The Bertz CT molecular complexity index is 1400. The van der Waals surface area contributed by atoms with Gasteiger partial charge in [-0.25, -0.2) is 4.98 Å². The van der Waals surface area contributed by atoms with Gasteiger partial charge in [0, 0.05) is 17.5 Å². The third-order valence-corrected chi connectivity index (χ3v) is 5.14. The highest BCUT2D eigenvalue weighted by molar-refractivity contribution is 6.07. The molecule has 10 nitrogen and oxygen atoms in total. The maximum atomic E-state index is 13.1. The van der Waals surface area contributed by atoms with Crippen molar-refractivity contribution in [3.63, 3.8) is 0 Å². The lowest BCUT2D eigenvalue weighted by Crippen LogP contribution is -2.17. The van der Waals surface area contributed by atoms with Crippen molar-refractivity contribution in [2.24, 2.45) is 0 Å². The first-order valence-electron chi connectivity index (χ1n) is 9.97. The molecule has 4 aromatic rings. The number of para-hydroxylation sites is 1. The van der Waals surface area contributed by atoms with Crippen molar-refractivity contribution in [2.45, 2.75) is 13.8 Å². The summed E-state index contributed by atoms with van der Waals surface area (Å²) in [6, 6.07) is 13.7. The monoisotopic (exact) mass is 447 g/mol. The second-order valence-electron chi connectivity index (χ2n) is 7.33. The number of nitrogens with one attached hydrogen (secondary N) is 1. The molecular formula is C23H21N5O5. The predicted molar refractivity (Wildman–Crippen MR) is 122 cm³/mol. The summed E-state index contributed by atoms with van der Waals surface area (Å²) in [5, 5.41) is 19.8. The van der Waals surface area contributed by atoms with E-state index in [1.165, 1.54) is 25.0 Å². The van der Waals surface area contributed by atoms with E-state index in [1.54, 1.807) is 13.0 Å². The average molecular weight is 447 g/mol. The number of ether oxygens (including phenoxy) is 2. The Balaban J connectivity index is 1.77. The molecule has 10 heteroatoms. The fourth-order valence-electron chi connectivity index (χ4n) is 3.59. The van der Waals surface area contributed by atoms with E-state index in [-0.39, 0.29) is 17.1 Å². The maximum absolute atomic E-state index is 13.1. The smallest absolute Gasteiger partial charge is 0.286 e. The normalized spacial score (nSPS) is 10.8. The lowest BCUT2D eigenvalue weighted by molar-refractivity contribution is -0.385. The second-order valence-corrected chi connectivity index (χ2v) is 7.33. The maximum Gasteiger partial charge on any atom is 0.286 e. The molecule has 0 aliphatic rings. The van der Waals surface area contributed by atoms with E-state index in [9.17, 15) is 14.9 Å². The van der Waals surface area contributed by atoms with Gasteiger partial charge in [-0.2, -0.15) is 9.78 Å². The minimum Gasteiger partial charge on any atom is -0.493 e. The number of amides is 1. The molecule has 0 aliphatic heterocycles. The Morgan fingerprint density at radius 3 is 2.45 bits per heavy atom. The minimum atomic E-state index is -0.693. The van der Waals surface area contributed by atoms with Gasteiger partial charge in [-0.1, -0.05) is 18.2 Å². The zero-order valence-corrected chi connectivity index (χ0v) is 18.4. The largest absolute Gasteiger partial charge is 0.493 e. The first-order valence-corrected chi connectivity index (χ1v) is 9.97. The first kappa shape index (κ1) is 21.8. The number of rotatable bonds is 6. The molecule has 168 valence electrons. The Morgan fingerprint density at radius 1 is 1.06 bits per heavy atom. The van der Waals surface area contributed by atoms with Gasteiger partial charge in [0.25, 0.3) is 11.6 Å². The predicted octanol–water partition coefficient (Wildman–Crippen LogP) is 4.22. The number of nitrogens with zero attached hydrogens (tertiary/aromatic N) is 4. The van der Waals surface area contributed by atoms with E-state index in [0.29, 0.717) is 17.3 Å². The molecule has 0 aliphatic carbocycles. The first-order chi connectivity index (χ1) is 15.8. The average Bonchev–Trinajstić information content (AvgIpc) is 3.17. The van der Waals surface area contributed by atoms with Crippen molar-refractivity contribution in [3.05, 3.63) is 75.5 Å². The number of nitro groups is 1. The molecule has 0 radical (unpaired) electrons. The molecule has 0 saturated carbocycles. The molecule has 1 amide bonds. The Kier molecular flexibility index (Phi) is 5.65. The fraction of sp³-hybridized carbons (Fsp3) is 0.174. The van der Waals surface area contributed by atoms with Gasteiger partial charge in [-0.15, -0.1) is 0 Å². The molecule has 33 heavy (non-hydrogen) atoms. The summed E-state index contributed by atoms with van der Waals surface area (Å²) in [5.74, 6) is 0.490. The number of hydrogen-bond donors (Lipinski definition) is 1. The summed E-state index contributed by atoms with van der Waals surface area (Å²) < 4.78 is 11.8. The van der Waals surface area contributed by atoms with Crippen LogP contribution in [0.4, 0.5) is 11.5 Å². The van der Waals surface area contributed by atoms with Crippen LogP contribution in [0.15, 0.2) is 48.5 Å². The van der Waals surface area contributed by atoms with Crippen molar-refractivity contribution < 1.29 is 19.2 Å². The van der Waals surface area contributed by atoms with Crippen LogP contribution in [0, 0.1) is 24.0 Å². The Morgan fingerprint density at radius 2 is 1.76 bits per heavy atom. The van der Waals surface area contributed by atoms with Crippen molar-refractivity contribution in [1.29, 1.82) is 0 Å². The lowest BCUT2D eigenvalue weighted by Gasteiger charge is -2.12. The third-order valence-electron chi connectivity index (χ3n) is 5.14. The SMILES string of the molecule is COc1cc(C(=O)Nc2cc(C)nn2-c2cc(C)c3ccccc3n2)c([N+](=O)[O-])cc1OC. The van der Waals surface area contributed by atoms with Crippen LogP contribution < -0.4 is 14.8 Å². The molecule has 2 aromatic heterocycles. The van der Waals surface area contributed by atoms with E-state index < -0.39 is 16.5 Å². The van der Waals surface area contributed by atoms with Crippen LogP contribution in [-0.2, 0) is 0 Å². The summed E-state index contributed by atoms with van der Waals surface area (Å²) in [5.41, 5.74) is 1.84. The highest BCUT2D eigenvalue weighted by Crippen LogP contribution is 2.35. The number of aryl methyl sites for hydroxylation is 2. The number of fused-ring (bicyclic) bond motifs is 1. The number of hydrogen-bond acceptors (Lipinski definition) is 7. The standard InChI is InChI=1S/C23H21N5O5/c1-13-9-21(24-17-8-6-5-7-15(13)17)27-22(10-14(2)26-27)25-23(29)16-11-19(32-3)20(33-4)12-18(16)28(30)31/h5-12H,1-4H3,(H,25,29). The van der Waals surface area contributed by atoms with E-state index >= 15 is 0 Å². The van der Waals surface area contributed by atoms with Crippen LogP contribution >= 0.6 is 0 Å². The number of pyridine rings is 1. The number of anilines is 1. The number of nitro benzene ring substituents is 1. The number of methoxy groups -OCH3 is 2. The summed E-state index contributed by atoms with van der Waals surface area (Å²) >= 11 is 0. The highest BCUT2D eigenvalue weighted by atomic mass is 16.6. The van der Waals surface area contributed by atoms with Gasteiger partial charge in [0.2, 0.25) is 0 Å².